The van der Waals surface area contributed by atoms with Crippen LogP contribution in [0, 0.1) is 6.92 Å². The van der Waals surface area contributed by atoms with E-state index in [4.69, 9.17) is 0 Å². The first-order valence-electron chi connectivity index (χ1n) is 7.59. The summed E-state index contributed by atoms with van der Waals surface area (Å²) in [6.07, 6.45) is 5.90. The average molecular weight is 293 g/mol. The summed E-state index contributed by atoms with van der Waals surface area (Å²) in [5.74, 6) is 1.13. The first-order chi connectivity index (χ1) is 10.8. The Morgan fingerprint density at radius 1 is 1.27 bits per heavy atom. The van der Waals surface area contributed by atoms with Gasteiger partial charge in [-0.15, -0.1) is 0 Å². The van der Waals surface area contributed by atoms with Gasteiger partial charge in [0.1, 0.15) is 5.82 Å². The van der Waals surface area contributed by atoms with Crippen molar-refractivity contribution < 1.29 is 0 Å². The van der Waals surface area contributed by atoms with Crippen LogP contribution in [0.1, 0.15) is 28.7 Å². The third-order valence-electron chi connectivity index (χ3n) is 4.45. The molecule has 0 amide bonds. The van der Waals surface area contributed by atoms with Gasteiger partial charge < -0.3 is 4.57 Å². The van der Waals surface area contributed by atoms with Crippen molar-refractivity contribution in [2.45, 2.75) is 32.6 Å². The lowest BCUT2D eigenvalue weighted by Gasteiger charge is -2.36. The quantitative estimate of drug-likeness (QED) is 0.807. The first kappa shape index (κ1) is 13.3. The number of nitrogens with one attached hydrogen (secondary N) is 1. The van der Waals surface area contributed by atoms with Crippen LogP contribution in [0.25, 0.3) is 0 Å². The van der Waals surface area contributed by atoms with Crippen LogP contribution in [-0.4, -0.2) is 24.6 Å². The fraction of sp³-hybridized carbons (Fsp3) is 0.294. The molecule has 1 aliphatic rings. The highest BCUT2D eigenvalue weighted by Gasteiger charge is 2.28. The van der Waals surface area contributed by atoms with Gasteiger partial charge in [-0.3, -0.25) is 10.00 Å². The number of H-pyrrole nitrogens is 1. The van der Waals surface area contributed by atoms with Gasteiger partial charge in [-0.2, -0.15) is 5.10 Å². The van der Waals surface area contributed by atoms with Crippen molar-refractivity contribution in [2.75, 3.05) is 0 Å². The van der Waals surface area contributed by atoms with Gasteiger partial charge in [-0.1, -0.05) is 30.3 Å². The van der Waals surface area contributed by atoms with E-state index in [1.54, 1.807) is 0 Å². The van der Waals surface area contributed by atoms with E-state index in [9.17, 15) is 0 Å². The van der Waals surface area contributed by atoms with E-state index >= 15 is 0 Å². The van der Waals surface area contributed by atoms with E-state index in [1.165, 1.54) is 11.1 Å². The molecule has 5 heteroatoms. The van der Waals surface area contributed by atoms with E-state index in [-0.39, 0.29) is 0 Å². The van der Waals surface area contributed by atoms with E-state index in [1.807, 2.05) is 12.4 Å². The molecule has 5 nitrogen and oxygen atoms in total. The molecule has 0 aliphatic carbocycles. The number of rotatable bonds is 3. The largest absolute Gasteiger partial charge is 0.332 e. The maximum atomic E-state index is 4.48. The van der Waals surface area contributed by atoms with Crippen LogP contribution < -0.4 is 0 Å². The molecule has 0 saturated heterocycles. The summed E-state index contributed by atoms with van der Waals surface area (Å²) in [7, 11) is 0. The summed E-state index contributed by atoms with van der Waals surface area (Å²) >= 11 is 0. The number of aromatic amines is 1. The van der Waals surface area contributed by atoms with Crippen molar-refractivity contribution in [2.24, 2.45) is 0 Å². The van der Waals surface area contributed by atoms with E-state index in [2.05, 4.69) is 68.1 Å². The van der Waals surface area contributed by atoms with Crippen LogP contribution in [0.3, 0.4) is 0 Å². The zero-order valence-electron chi connectivity index (χ0n) is 12.6. The van der Waals surface area contributed by atoms with Crippen LogP contribution in [-0.2, 0) is 19.6 Å². The second-order valence-electron chi connectivity index (χ2n) is 5.85. The molecule has 0 spiro atoms. The van der Waals surface area contributed by atoms with Crippen molar-refractivity contribution in [1.29, 1.82) is 0 Å². The average Bonchev–Trinajstić information content (AvgIpc) is 3.16. The minimum Gasteiger partial charge on any atom is -0.332 e. The van der Waals surface area contributed by atoms with Gasteiger partial charge in [-0.25, -0.2) is 4.98 Å². The summed E-state index contributed by atoms with van der Waals surface area (Å²) in [6, 6.07) is 11.1. The second-order valence-corrected chi connectivity index (χ2v) is 5.85. The molecule has 1 N–H and O–H groups in total. The minimum atomic E-state index is 0.359. The van der Waals surface area contributed by atoms with Gasteiger partial charge in [-0.05, 0) is 12.5 Å². The summed E-state index contributed by atoms with van der Waals surface area (Å²) in [5, 5.41) is 7.18. The van der Waals surface area contributed by atoms with Crippen LogP contribution in [0.4, 0.5) is 0 Å². The van der Waals surface area contributed by atoms with Gasteiger partial charge in [0.25, 0.3) is 0 Å². The Balaban J connectivity index is 1.68. The maximum absolute atomic E-state index is 4.48. The molecule has 2 aromatic heterocycles. The third kappa shape index (κ3) is 2.33. The lowest BCUT2D eigenvalue weighted by Crippen LogP contribution is -2.36. The van der Waals surface area contributed by atoms with Gasteiger partial charge in [0.05, 0.1) is 18.8 Å². The number of aromatic nitrogens is 4. The SMILES string of the molecule is Cc1[nH]ncc1CN1Cc2nccn2C[C@@H]1c1ccccc1. The zero-order valence-corrected chi connectivity index (χ0v) is 12.6. The summed E-state index contributed by atoms with van der Waals surface area (Å²) in [4.78, 5) is 6.97. The van der Waals surface area contributed by atoms with Crippen molar-refractivity contribution >= 4 is 0 Å². The second kappa shape index (κ2) is 5.42. The zero-order chi connectivity index (χ0) is 14.9. The van der Waals surface area contributed by atoms with Crippen molar-refractivity contribution in [3.63, 3.8) is 0 Å². The molecule has 22 heavy (non-hydrogen) atoms. The Hall–Kier alpha value is -2.40. The molecule has 1 aromatic carbocycles. The van der Waals surface area contributed by atoms with Gasteiger partial charge in [0, 0.05) is 36.7 Å². The Labute approximate surface area is 129 Å². The Morgan fingerprint density at radius 2 is 2.14 bits per heavy atom. The van der Waals surface area contributed by atoms with Crippen LogP contribution >= 0.6 is 0 Å². The van der Waals surface area contributed by atoms with E-state index in [0.717, 1.165) is 31.2 Å². The number of imidazole rings is 1. The summed E-state index contributed by atoms with van der Waals surface area (Å²) < 4.78 is 2.26. The summed E-state index contributed by atoms with van der Waals surface area (Å²) in [5.41, 5.74) is 3.74. The van der Waals surface area contributed by atoms with E-state index in [0.29, 0.717) is 6.04 Å². The third-order valence-corrected chi connectivity index (χ3v) is 4.45. The fourth-order valence-electron chi connectivity index (χ4n) is 3.16. The Kier molecular flexibility index (Phi) is 3.27. The lowest BCUT2D eigenvalue weighted by molar-refractivity contribution is 0.128. The molecule has 0 bridgehead atoms. The van der Waals surface area contributed by atoms with Gasteiger partial charge in [0.15, 0.2) is 0 Å². The van der Waals surface area contributed by atoms with Crippen LogP contribution in [0.5, 0.6) is 0 Å². The highest BCUT2D eigenvalue weighted by molar-refractivity contribution is 5.22. The molecule has 0 fully saturated rings. The smallest absolute Gasteiger partial charge is 0.122 e. The number of nitrogens with zero attached hydrogens (tertiary/aromatic N) is 4. The predicted octanol–water partition coefficient (Wildman–Crippen LogP) is 2.67. The van der Waals surface area contributed by atoms with Gasteiger partial charge >= 0.3 is 0 Å². The van der Waals surface area contributed by atoms with E-state index < -0.39 is 0 Å². The number of aryl methyl sites for hydroxylation is 1. The summed E-state index contributed by atoms with van der Waals surface area (Å²) in [6.45, 7) is 4.76. The lowest BCUT2D eigenvalue weighted by atomic mass is 10.0. The topological polar surface area (TPSA) is 49.7 Å². The molecule has 3 heterocycles. The Bertz CT molecular complexity index is 758. The highest BCUT2D eigenvalue weighted by atomic mass is 15.3. The molecule has 1 atom stereocenters. The normalized spacial score (nSPS) is 18.3. The maximum Gasteiger partial charge on any atom is 0.122 e. The molecule has 1 aliphatic heterocycles. The van der Waals surface area contributed by atoms with Gasteiger partial charge in [0.2, 0.25) is 0 Å². The standard InChI is InChI=1S/C17H19N5/c1-13-15(9-19-20-13)10-22-12-17-18-7-8-21(17)11-16(22)14-5-3-2-4-6-14/h2-9,16H,10-12H2,1H3,(H,19,20)/t16-/m1/s1. The van der Waals surface area contributed by atoms with Crippen molar-refractivity contribution in [1.82, 2.24) is 24.6 Å². The monoisotopic (exact) mass is 293 g/mol. The fourth-order valence-corrected chi connectivity index (χ4v) is 3.16. The molecule has 0 unspecified atom stereocenters. The Morgan fingerprint density at radius 3 is 2.91 bits per heavy atom. The molecule has 0 saturated carbocycles. The highest BCUT2D eigenvalue weighted by Crippen LogP contribution is 2.30. The number of benzene rings is 1. The van der Waals surface area contributed by atoms with Crippen molar-refractivity contribution in [3.8, 4) is 0 Å². The number of hydrogen-bond acceptors (Lipinski definition) is 3. The number of fused-ring (bicyclic) bond motifs is 1. The molecule has 0 radical (unpaired) electrons. The predicted molar refractivity (Wildman–Crippen MR) is 84.0 cm³/mol. The van der Waals surface area contributed by atoms with Crippen LogP contribution in [0.2, 0.25) is 0 Å². The van der Waals surface area contributed by atoms with Crippen molar-refractivity contribution in [3.05, 3.63) is 71.6 Å². The minimum absolute atomic E-state index is 0.359. The molecule has 112 valence electrons. The van der Waals surface area contributed by atoms with Crippen LogP contribution in [0.15, 0.2) is 48.9 Å². The molecule has 3 aromatic rings. The molecular weight excluding hydrogens is 274 g/mol. The molecular formula is C17H19N5. The first-order valence-corrected chi connectivity index (χ1v) is 7.59. The molecule has 4 rings (SSSR count). The number of hydrogen-bond donors (Lipinski definition) is 1.